The number of amides is 3. The Morgan fingerprint density at radius 2 is 1.44 bits per heavy atom. The maximum Gasteiger partial charge on any atom is 0.278 e. The van der Waals surface area contributed by atoms with E-state index in [2.05, 4.69) is 10.6 Å². The second-order valence-electron chi connectivity index (χ2n) is 7.50. The molecular weight excluding hydrogens is 497 g/mol. The molecule has 1 heterocycles. The highest BCUT2D eigenvalue weighted by Crippen LogP contribution is 2.27. The third kappa shape index (κ3) is 5.42. The quantitative estimate of drug-likeness (QED) is 0.395. The lowest BCUT2D eigenvalue weighted by atomic mass is 10.1. The summed E-state index contributed by atoms with van der Waals surface area (Å²) in [5.74, 6) is -1.40. The number of halogens is 3. The molecule has 0 spiro atoms. The molecule has 0 radical (unpaired) electrons. The van der Waals surface area contributed by atoms with Crippen LogP contribution in [0.5, 0.6) is 0 Å². The van der Waals surface area contributed by atoms with Gasteiger partial charge in [-0.2, -0.15) is 0 Å². The molecule has 172 valence electrons. The molecule has 0 aliphatic carbocycles. The van der Waals surface area contributed by atoms with Gasteiger partial charge in [0.15, 0.2) is 0 Å². The summed E-state index contributed by atoms with van der Waals surface area (Å²) in [6, 6.07) is 20.7. The van der Waals surface area contributed by atoms with Crippen LogP contribution in [0.15, 0.2) is 83.5 Å². The van der Waals surface area contributed by atoms with Crippen LogP contribution in [0.2, 0.25) is 10.0 Å². The standard InChI is InChI=1S/C25H18Cl3N3O3/c26-17-12-18(27)14-20(13-17)30-23(32)16-6-8-19(9-7-16)29-22-21(28)24(33)31(25(22)34)11-10-15-4-2-1-3-5-15/h1-9,12-14,29H,10-11H2,(H,30,32). The number of carbonyl (C=O) groups is 3. The van der Waals surface area contributed by atoms with Gasteiger partial charge in [0.2, 0.25) is 0 Å². The first-order valence-corrected chi connectivity index (χ1v) is 11.4. The molecule has 6 nitrogen and oxygen atoms in total. The van der Waals surface area contributed by atoms with E-state index >= 15 is 0 Å². The molecule has 0 unspecified atom stereocenters. The van der Waals surface area contributed by atoms with Gasteiger partial charge in [-0.1, -0.05) is 65.1 Å². The number of anilines is 2. The second-order valence-corrected chi connectivity index (χ2v) is 8.75. The fourth-order valence-corrected chi connectivity index (χ4v) is 4.18. The minimum Gasteiger partial charge on any atom is -0.350 e. The third-order valence-electron chi connectivity index (χ3n) is 5.12. The number of imide groups is 1. The number of carbonyl (C=O) groups excluding carboxylic acids is 3. The Morgan fingerprint density at radius 1 is 0.794 bits per heavy atom. The molecule has 2 N–H and O–H groups in total. The van der Waals surface area contributed by atoms with E-state index < -0.39 is 11.8 Å². The van der Waals surface area contributed by atoms with E-state index in [1.54, 1.807) is 42.5 Å². The molecule has 0 saturated carbocycles. The fourth-order valence-electron chi connectivity index (χ4n) is 3.42. The molecule has 0 atom stereocenters. The van der Waals surface area contributed by atoms with Crippen molar-refractivity contribution in [2.24, 2.45) is 0 Å². The summed E-state index contributed by atoms with van der Waals surface area (Å²) in [6.07, 6.45) is 0.525. The van der Waals surface area contributed by atoms with Gasteiger partial charge in [0.25, 0.3) is 17.7 Å². The monoisotopic (exact) mass is 513 g/mol. The van der Waals surface area contributed by atoms with Crippen LogP contribution in [0, 0.1) is 0 Å². The highest BCUT2D eigenvalue weighted by Gasteiger charge is 2.37. The molecule has 0 aromatic heterocycles. The van der Waals surface area contributed by atoms with Gasteiger partial charge in [-0.3, -0.25) is 19.3 Å². The van der Waals surface area contributed by atoms with E-state index in [9.17, 15) is 14.4 Å². The molecule has 0 bridgehead atoms. The van der Waals surface area contributed by atoms with Gasteiger partial charge in [0.1, 0.15) is 10.7 Å². The topological polar surface area (TPSA) is 78.5 Å². The van der Waals surface area contributed by atoms with Crippen molar-refractivity contribution in [2.45, 2.75) is 6.42 Å². The van der Waals surface area contributed by atoms with Gasteiger partial charge in [-0.05, 0) is 54.4 Å². The molecule has 3 aromatic carbocycles. The van der Waals surface area contributed by atoms with E-state index in [-0.39, 0.29) is 23.2 Å². The molecule has 0 saturated heterocycles. The largest absolute Gasteiger partial charge is 0.350 e. The minimum absolute atomic E-state index is 0.00509. The first-order chi connectivity index (χ1) is 16.3. The van der Waals surface area contributed by atoms with Crippen molar-refractivity contribution in [3.05, 3.63) is 105 Å². The summed E-state index contributed by atoms with van der Waals surface area (Å²) in [7, 11) is 0. The number of rotatable bonds is 7. The lowest BCUT2D eigenvalue weighted by Crippen LogP contribution is -2.34. The molecule has 3 amide bonds. The van der Waals surface area contributed by atoms with Crippen molar-refractivity contribution in [1.29, 1.82) is 0 Å². The lowest BCUT2D eigenvalue weighted by molar-refractivity contribution is -0.137. The van der Waals surface area contributed by atoms with Crippen molar-refractivity contribution in [3.63, 3.8) is 0 Å². The Labute approximate surface area is 211 Å². The molecule has 1 aliphatic rings. The molecule has 34 heavy (non-hydrogen) atoms. The first kappa shape index (κ1) is 23.8. The summed E-state index contributed by atoms with van der Waals surface area (Å²) in [6.45, 7) is 0.218. The van der Waals surface area contributed by atoms with Crippen LogP contribution in [0.1, 0.15) is 15.9 Å². The summed E-state index contributed by atoms with van der Waals surface area (Å²) in [5, 5.41) is 6.26. The van der Waals surface area contributed by atoms with Crippen molar-refractivity contribution in [3.8, 4) is 0 Å². The average molecular weight is 515 g/mol. The van der Waals surface area contributed by atoms with Gasteiger partial charge >= 0.3 is 0 Å². The molecular formula is C25H18Cl3N3O3. The van der Waals surface area contributed by atoms with E-state index in [1.807, 2.05) is 30.3 Å². The molecule has 9 heteroatoms. The number of hydrogen-bond acceptors (Lipinski definition) is 4. The summed E-state index contributed by atoms with van der Waals surface area (Å²) in [5.41, 5.74) is 2.36. The van der Waals surface area contributed by atoms with E-state index in [4.69, 9.17) is 34.8 Å². The number of nitrogens with zero attached hydrogens (tertiary/aromatic N) is 1. The predicted octanol–water partition coefficient (Wildman–Crippen LogP) is 5.72. The van der Waals surface area contributed by atoms with Gasteiger partial charge in [0, 0.05) is 33.5 Å². The van der Waals surface area contributed by atoms with E-state index in [0.717, 1.165) is 10.5 Å². The van der Waals surface area contributed by atoms with Gasteiger partial charge < -0.3 is 10.6 Å². The van der Waals surface area contributed by atoms with Crippen LogP contribution < -0.4 is 10.6 Å². The van der Waals surface area contributed by atoms with Gasteiger partial charge in [-0.15, -0.1) is 0 Å². The minimum atomic E-state index is -0.540. The second kappa shape index (κ2) is 10.3. The number of hydrogen-bond donors (Lipinski definition) is 2. The van der Waals surface area contributed by atoms with Crippen LogP contribution in [-0.2, 0) is 16.0 Å². The predicted molar refractivity (Wildman–Crippen MR) is 134 cm³/mol. The third-order valence-corrected chi connectivity index (χ3v) is 5.90. The van der Waals surface area contributed by atoms with E-state index in [0.29, 0.717) is 33.4 Å². The van der Waals surface area contributed by atoms with Crippen molar-refractivity contribution in [1.82, 2.24) is 4.90 Å². The Morgan fingerprint density at radius 3 is 2.09 bits per heavy atom. The zero-order chi connectivity index (χ0) is 24.2. The first-order valence-electron chi connectivity index (χ1n) is 10.3. The number of benzene rings is 3. The van der Waals surface area contributed by atoms with Crippen LogP contribution in [-0.4, -0.2) is 29.2 Å². The normalized spacial score (nSPS) is 13.4. The van der Waals surface area contributed by atoms with Crippen LogP contribution in [0.4, 0.5) is 11.4 Å². The smallest absolute Gasteiger partial charge is 0.278 e. The highest BCUT2D eigenvalue weighted by molar-refractivity contribution is 6.48. The maximum atomic E-state index is 12.8. The summed E-state index contributed by atoms with van der Waals surface area (Å²) >= 11 is 18.1. The van der Waals surface area contributed by atoms with Crippen molar-refractivity contribution < 1.29 is 14.4 Å². The van der Waals surface area contributed by atoms with Crippen LogP contribution in [0.25, 0.3) is 0 Å². The Kier molecular flexibility index (Phi) is 7.22. The molecule has 0 fully saturated rings. The average Bonchev–Trinajstić information content (AvgIpc) is 3.01. The van der Waals surface area contributed by atoms with E-state index in [1.165, 1.54) is 0 Å². The summed E-state index contributed by atoms with van der Waals surface area (Å²) in [4.78, 5) is 38.9. The Bertz CT molecular complexity index is 1270. The zero-order valence-electron chi connectivity index (χ0n) is 17.6. The Hall–Kier alpha value is -3.32. The lowest BCUT2D eigenvalue weighted by Gasteiger charge is -2.15. The summed E-state index contributed by atoms with van der Waals surface area (Å²) < 4.78 is 0. The SMILES string of the molecule is O=C(Nc1cc(Cl)cc(Cl)c1)c1ccc(NC2=C(Cl)C(=O)N(CCc3ccccc3)C2=O)cc1. The van der Waals surface area contributed by atoms with Crippen molar-refractivity contribution >= 4 is 63.9 Å². The molecule has 3 aromatic rings. The van der Waals surface area contributed by atoms with Crippen LogP contribution in [0.3, 0.4) is 0 Å². The Balaban J connectivity index is 1.40. The highest BCUT2D eigenvalue weighted by atomic mass is 35.5. The van der Waals surface area contributed by atoms with Crippen molar-refractivity contribution in [2.75, 3.05) is 17.2 Å². The molecule has 1 aliphatic heterocycles. The number of nitrogens with one attached hydrogen (secondary N) is 2. The maximum absolute atomic E-state index is 12.8. The molecule has 4 rings (SSSR count). The van der Waals surface area contributed by atoms with Gasteiger partial charge in [0.05, 0.1) is 0 Å². The van der Waals surface area contributed by atoms with Gasteiger partial charge in [-0.25, -0.2) is 0 Å². The fraction of sp³-hybridized carbons (Fsp3) is 0.0800. The van der Waals surface area contributed by atoms with Crippen LogP contribution >= 0.6 is 34.8 Å². The zero-order valence-corrected chi connectivity index (χ0v) is 19.9.